The van der Waals surface area contributed by atoms with E-state index in [1.165, 1.54) is 70.6 Å². The summed E-state index contributed by atoms with van der Waals surface area (Å²) >= 11 is 0. The SMILES string of the molecule is CCCCCCCCOCC(N)C1CCCCC1. The first-order valence-corrected chi connectivity index (χ1v) is 8.18. The van der Waals surface area contributed by atoms with Crippen molar-refractivity contribution in [2.24, 2.45) is 11.7 Å². The van der Waals surface area contributed by atoms with Gasteiger partial charge < -0.3 is 10.5 Å². The van der Waals surface area contributed by atoms with Gasteiger partial charge in [0.2, 0.25) is 0 Å². The molecule has 0 spiro atoms. The van der Waals surface area contributed by atoms with Gasteiger partial charge >= 0.3 is 0 Å². The summed E-state index contributed by atoms with van der Waals surface area (Å²) in [4.78, 5) is 0. The first-order valence-electron chi connectivity index (χ1n) is 8.18. The zero-order chi connectivity index (χ0) is 13.1. The standard InChI is InChI=1S/C16H33NO/c1-2-3-4-5-6-10-13-18-14-16(17)15-11-8-7-9-12-15/h15-16H,2-14,17H2,1H3. The average molecular weight is 255 g/mol. The Hall–Kier alpha value is -0.0800. The van der Waals surface area contributed by atoms with Gasteiger partial charge in [0.05, 0.1) is 6.61 Å². The lowest BCUT2D eigenvalue weighted by atomic mass is 9.84. The number of unbranched alkanes of at least 4 members (excludes halogenated alkanes) is 5. The van der Waals surface area contributed by atoms with Crippen LogP contribution in [0.5, 0.6) is 0 Å². The number of ether oxygens (including phenoxy) is 1. The fourth-order valence-electron chi connectivity index (χ4n) is 2.90. The van der Waals surface area contributed by atoms with Crippen molar-refractivity contribution in [3.8, 4) is 0 Å². The third-order valence-corrected chi connectivity index (χ3v) is 4.21. The van der Waals surface area contributed by atoms with Crippen LogP contribution in [0.2, 0.25) is 0 Å². The Kier molecular flexibility index (Phi) is 9.59. The Labute approximate surface area is 114 Å². The molecule has 2 nitrogen and oxygen atoms in total. The molecular formula is C16H33NO. The molecule has 108 valence electrons. The van der Waals surface area contributed by atoms with Crippen molar-refractivity contribution < 1.29 is 4.74 Å². The molecule has 1 atom stereocenters. The van der Waals surface area contributed by atoms with Crippen molar-refractivity contribution >= 4 is 0 Å². The number of hydrogen-bond donors (Lipinski definition) is 1. The first kappa shape index (κ1) is 16.0. The van der Waals surface area contributed by atoms with Crippen molar-refractivity contribution in [1.82, 2.24) is 0 Å². The maximum atomic E-state index is 6.20. The smallest absolute Gasteiger partial charge is 0.0620 e. The van der Waals surface area contributed by atoms with E-state index in [9.17, 15) is 0 Å². The molecule has 1 unspecified atom stereocenters. The third kappa shape index (κ3) is 7.38. The summed E-state index contributed by atoms with van der Waals surface area (Å²) in [5, 5.41) is 0. The number of rotatable bonds is 10. The molecule has 1 aliphatic carbocycles. The van der Waals surface area contributed by atoms with E-state index < -0.39 is 0 Å². The quantitative estimate of drug-likeness (QED) is 0.592. The summed E-state index contributed by atoms with van der Waals surface area (Å²) in [6.45, 7) is 3.95. The molecule has 0 radical (unpaired) electrons. The van der Waals surface area contributed by atoms with Gasteiger partial charge in [0, 0.05) is 12.6 Å². The number of nitrogens with two attached hydrogens (primary N) is 1. The van der Waals surface area contributed by atoms with Gasteiger partial charge in [0.1, 0.15) is 0 Å². The molecule has 1 fully saturated rings. The molecule has 1 saturated carbocycles. The van der Waals surface area contributed by atoms with E-state index in [0.29, 0.717) is 0 Å². The van der Waals surface area contributed by atoms with Gasteiger partial charge in [-0.05, 0) is 25.2 Å². The lowest BCUT2D eigenvalue weighted by Crippen LogP contribution is -2.36. The Morgan fingerprint density at radius 3 is 2.39 bits per heavy atom. The van der Waals surface area contributed by atoms with Crippen LogP contribution >= 0.6 is 0 Å². The van der Waals surface area contributed by atoms with Crippen LogP contribution in [0.4, 0.5) is 0 Å². The Bertz CT molecular complexity index is 178. The largest absolute Gasteiger partial charge is 0.380 e. The van der Waals surface area contributed by atoms with Crippen LogP contribution in [0.15, 0.2) is 0 Å². The molecule has 1 aliphatic rings. The highest BCUT2D eigenvalue weighted by Crippen LogP contribution is 2.25. The van der Waals surface area contributed by atoms with E-state index in [0.717, 1.165) is 19.1 Å². The highest BCUT2D eigenvalue weighted by Gasteiger charge is 2.20. The molecule has 0 heterocycles. The van der Waals surface area contributed by atoms with Gasteiger partial charge in [0.25, 0.3) is 0 Å². The van der Waals surface area contributed by atoms with Crippen LogP contribution in [0.25, 0.3) is 0 Å². The molecule has 0 amide bonds. The van der Waals surface area contributed by atoms with Crippen molar-refractivity contribution in [2.45, 2.75) is 83.6 Å². The van der Waals surface area contributed by atoms with Crippen LogP contribution in [0.1, 0.15) is 77.6 Å². The Morgan fingerprint density at radius 2 is 1.67 bits per heavy atom. The molecule has 0 aromatic heterocycles. The fourth-order valence-corrected chi connectivity index (χ4v) is 2.90. The summed E-state index contributed by atoms with van der Waals surface area (Å²) in [6, 6.07) is 0.283. The summed E-state index contributed by atoms with van der Waals surface area (Å²) < 4.78 is 5.73. The summed E-state index contributed by atoms with van der Waals surface area (Å²) in [5.74, 6) is 0.725. The molecule has 1 rings (SSSR count). The van der Waals surface area contributed by atoms with E-state index in [4.69, 9.17) is 10.5 Å². The third-order valence-electron chi connectivity index (χ3n) is 4.21. The van der Waals surface area contributed by atoms with Gasteiger partial charge in [-0.3, -0.25) is 0 Å². The van der Waals surface area contributed by atoms with Crippen molar-refractivity contribution in [3.05, 3.63) is 0 Å². The predicted molar refractivity (Wildman–Crippen MR) is 78.7 cm³/mol. The van der Waals surface area contributed by atoms with Crippen LogP contribution in [-0.2, 0) is 4.74 Å². The molecule has 2 N–H and O–H groups in total. The number of hydrogen-bond acceptors (Lipinski definition) is 2. The molecule has 18 heavy (non-hydrogen) atoms. The van der Waals surface area contributed by atoms with Gasteiger partial charge in [-0.2, -0.15) is 0 Å². The van der Waals surface area contributed by atoms with Crippen molar-refractivity contribution in [1.29, 1.82) is 0 Å². The second kappa shape index (κ2) is 10.8. The van der Waals surface area contributed by atoms with Crippen LogP contribution < -0.4 is 5.73 Å². The molecule has 0 saturated heterocycles. The van der Waals surface area contributed by atoms with E-state index >= 15 is 0 Å². The molecule has 0 bridgehead atoms. The summed E-state index contributed by atoms with van der Waals surface area (Å²) in [5.41, 5.74) is 6.20. The Morgan fingerprint density at radius 1 is 1.00 bits per heavy atom. The lowest BCUT2D eigenvalue weighted by Gasteiger charge is -2.27. The average Bonchev–Trinajstić information content (AvgIpc) is 2.42. The topological polar surface area (TPSA) is 35.2 Å². The monoisotopic (exact) mass is 255 g/mol. The molecule has 0 aliphatic heterocycles. The fraction of sp³-hybridized carbons (Fsp3) is 1.00. The molecule has 0 aromatic rings. The lowest BCUT2D eigenvalue weighted by molar-refractivity contribution is 0.0945. The van der Waals surface area contributed by atoms with Gasteiger partial charge in [-0.15, -0.1) is 0 Å². The van der Waals surface area contributed by atoms with E-state index in [-0.39, 0.29) is 6.04 Å². The molecule has 0 aromatic carbocycles. The van der Waals surface area contributed by atoms with Crippen LogP contribution in [0, 0.1) is 5.92 Å². The van der Waals surface area contributed by atoms with Crippen LogP contribution in [-0.4, -0.2) is 19.3 Å². The normalized spacial score (nSPS) is 19.0. The molecular weight excluding hydrogens is 222 g/mol. The zero-order valence-electron chi connectivity index (χ0n) is 12.3. The maximum Gasteiger partial charge on any atom is 0.0620 e. The van der Waals surface area contributed by atoms with Gasteiger partial charge in [-0.1, -0.05) is 58.3 Å². The Balaban J connectivity index is 1.87. The minimum atomic E-state index is 0.283. The van der Waals surface area contributed by atoms with Crippen molar-refractivity contribution in [2.75, 3.05) is 13.2 Å². The van der Waals surface area contributed by atoms with Gasteiger partial charge in [-0.25, -0.2) is 0 Å². The minimum Gasteiger partial charge on any atom is -0.380 e. The highest BCUT2D eigenvalue weighted by atomic mass is 16.5. The minimum absolute atomic E-state index is 0.283. The van der Waals surface area contributed by atoms with Gasteiger partial charge in [0.15, 0.2) is 0 Å². The zero-order valence-corrected chi connectivity index (χ0v) is 12.3. The first-order chi connectivity index (χ1) is 8.84. The van der Waals surface area contributed by atoms with Crippen LogP contribution in [0.3, 0.4) is 0 Å². The summed E-state index contributed by atoms with van der Waals surface area (Å²) in [6.07, 6.45) is 14.8. The van der Waals surface area contributed by atoms with Crippen molar-refractivity contribution in [3.63, 3.8) is 0 Å². The predicted octanol–water partition coefficient (Wildman–Crippen LogP) is 4.27. The molecule has 2 heteroatoms. The van der Waals surface area contributed by atoms with E-state index in [2.05, 4.69) is 6.92 Å². The highest BCUT2D eigenvalue weighted by molar-refractivity contribution is 4.76. The second-order valence-electron chi connectivity index (χ2n) is 5.90. The second-order valence-corrected chi connectivity index (χ2v) is 5.90. The summed E-state index contributed by atoms with van der Waals surface area (Å²) in [7, 11) is 0. The van der Waals surface area contributed by atoms with E-state index in [1.807, 2.05) is 0 Å². The maximum absolute atomic E-state index is 6.20. The van der Waals surface area contributed by atoms with E-state index in [1.54, 1.807) is 0 Å².